The van der Waals surface area contributed by atoms with Crippen molar-refractivity contribution in [2.24, 2.45) is 5.92 Å². The fraction of sp³-hybridized carbons (Fsp3) is 0.500. The third-order valence-corrected chi connectivity index (χ3v) is 3.70. The predicted octanol–water partition coefficient (Wildman–Crippen LogP) is 1.52. The zero-order valence-electron chi connectivity index (χ0n) is 10.1. The Balaban J connectivity index is 1.89. The van der Waals surface area contributed by atoms with Crippen molar-refractivity contribution in [3.63, 3.8) is 0 Å². The van der Waals surface area contributed by atoms with Crippen LogP contribution in [0.4, 0.5) is 4.39 Å². The van der Waals surface area contributed by atoms with Crippen molar-refractivity contribution >= 4 is 5.78 Å². The lowest BCUT2D eigenvalue weighted by atomic mass is 9.94. The molecular weight excluding hydrogens is 233 g/mol. The van der Waals surface area contributed by atoms with Crippen molar-refractivity contribution < 1.29 is 14.3 Å². The fourth-order valence-corrected chi connectivity index (χ4v) is 2.52. The highest BCUT2D eigenvalue weighted by atomic mass is 19.1. The number of nitrogens with zero attached hydrogens (tertiary/aromatic N) is 1. The van der Waals surface area contributed by atoms with Gasteiger partial charge in [0.05, 0.1) is 12.1 Å². The number of ketones is 1. The molecule has 96 valence electrons. The topological polar surface area (TPSA) is 40.5 Å². The second kappa shape index (κ2) is 4.44. The van der Waals surface area contributed by atoms with Crippen LogP contribution in [0.5, 0.6) is 0 Å². The number of hydrogen-bond donors (Lipinski definition) is 1. The van der Waals surface area contributed by atoms with E-state index in [1.807, 2.05) is 4.90 Å². The Morgan fingerprint density at radius 3 is 2.56 bits per heavy atom. The van der Waals surface area contributed by atoms with Crippen molar-refractivity contribution in [1.82, 2.24) is 4.90 Å². The zero-order chi connectivity index (χ0) is 12.7. The average molecular weight is 249 g/mol. The molecule has 1 atom stereocenters. The van der Waals surface area contributed by atoms with Crippen LogP contribution in [0.2, 0.25) is 0 Å². The molecule has 1 saturated heterocycles. The Labute approximate surface area is 105 Å². The summed E-state index contributed by atoms with van der Waals surface area (Å²) < 4.78 is 13.9. The Bertz CT molecular complexity index is 467. The molecule has 1 N–H and O–H groups in total. The maximum absolute atomic E-state index is 13.9. The van der Waals surface area contributed by atoms with E-state index in [9.17, 15) is 14.3 Å². The summed E-state index contributed by atoms with van der Waals surface area (Å²) >= 11 is 0. The number of hydrogen-bond acceptors (Lipinski definition) is 3. The maximum Gasteiger partial charge on any atom is 0.157 e. The average Bonchev–Trinajstić information content (AvgIpc) is 3.13. The second-order valence-corrected chi connectivity index (χ2v) is 5.21. The minimum absolute atomic E-state index is 0.0901. The van der Waals surface area contributed by atoms with Gasteiger partial charge < -0.3 is 5.11 Å². The summed E-state index contributed by atoms with van der Waals surface area (Å²) in [4.78, 5) is 14.2. The molecule has 0 bridgehead atoms. The first kappa shape index (κ1) is 11.8. The Hall–Kier alpha value is -1.26. The van der Waals surface area contributed by atoms with Gasteiger partial charge in [0, 0.05) is 24.6 Å². The van der Waals surface area contributed by atoms with E-state index in [4.69, 9.17) is 0 Å². The number of aliphatic hydroxyl groups is 1. The molecule has 1 aliphatic heterocycles. The van der Waals surface area contributed by atoms with Crippen LogP contribution in [-0.2, 0) is 4.79 Å². The molecule has 1 aliphatic carbocycles. The molecule has 3 nitrogen and oxygen atoms in total. The molecule has 3 rings (SSSR count). The molecule has 2 fully saturated rings. The molecule has 18 heavy (non-hydrogen) atoms. The van der Waals surface area contributed by atoms with Gasteiger partial charge in [0.15, 0.2) is 5.78 Å². The van der Waals surface area contributed by atoms with Crippen molar-refractivity contribution in [3.05, 3.63) is 35.6 Å². The van der Waals surface area contributed by atoms with E-state index < -0.39 is 6.04 Å². The van der Waals surface area contributed by atoms with E-state index in [2.05, 4.69) is 0 Å². The van der Waals surface area contributed by atoms with Crippen LogP contribution >= 0.6 is 0 Å². The first-order chi connectivity index (χ1) is 8.66. The van der Waals surface area contributed by atoms with Crippen molar-refractivity contribution in [2.45, 2.75) is 25.0 Å². The lowest BCUT2D eigenvalue weighted by Gasteiger charge is -2.41. The third-order valence-electron chi connectivity index (χ3n) is 3.70. The highest BCUT2D eigenvalue weighted by molar-refractivity contribution is 5.89. The quantitative estimate of drug-likeness (QED) is 0.879. The van der Waals surface area contributed by atoms with E-state index in [1.54, 1.807) is 18.2 Å². The van der Waals surface area contributed by atoms with Gasteiger partial charge in [-0.25, -0.2) is 4.39 Å². The van der Waals surface area contributed by atoms with E-state index in [1.165, 1.54) is 6.07 Å². The SMILES string of the molecule is O=C(C1CC1)C(c1ccccc1F)N1CC(O)C1. The highest BCUT2D eigenvalue weighted by Crippen LogP contribution is 2.39. The van der Waals surface area contributed by atoms with E-state index in [0.29, 0.717) is 18.7 Å². The number of aliphatic hydroxyl groups excluding tert-OH is 1. The van der Waals surface area contributed by atoms with Gasteiger partial charge in [0.1, 0.15) is 5.82 Å². The van der Waals surface area contributed by atoms with Crippen LogP contribution in [0, 0.1) is 11.7 Å². The molecule has 0 amide bonds. The number of benzene rings is 1. The highest BCUT2D eigenvalue weighted by Gasteiger charge is 2.42. The minimum Gasteiger partial charge on any atom is -0.390 e. The van der Waals surface area contributed by atoms with Crippen molar-refractivity contribution in [2.75, 3.05) is 13.1 Å². The number of rotatable bonds is 4. The van der Waals surface area contributed by atoms with Gasteiger partial charge in [-0.1, -0.05) is 18.2 Å². The summed E-state index contributed by atoms with van der Waals surface area (Å²) in [5, 5.41) is 9.37. The van der Waals surface area contributed by atoms with Gasteiger partial charge in [0.25, 0.3) is 0 Å². The van der Waals surface area contributed by atoms with Crippen LogP contribution in [0.25, 0.3) is 0 Å². The molecule has 0 aromatic heterocycles. The molecule has 4 heteroatoms. The molecule has 0 radical (unpaired) electrons. The van der Waals surface area contributed by atoms with Gasteiger partial charge in [-0.05, 0) is 18.9 Å². The smallest absolute Gasteiger partial charge is 0.157 e. The molecule has 1 aromatic rings. The monoisotopic (exact) mass is 249 g/mol. The summed E-state index contributed by atoms with van der Waals surface area (Å²) in [5.74, 6) is -0.141. The zero-order valence-corrected chi connectivity index (χ0v) is 10.1. The number of halogens is 1. The van der Waals surface area contributed by atoms with Crippen LogP contribution in [0.15, 0.2) is 24.3 Å². The summed E-state index contributed by atoms with van der Waals surface area (Å²) in [6.07, 6.45) is 1.45. The van der Waals surface area contributed by atoms with E-state index >= 15 is 0 Å². The lowest BCUT2D eigenvalue weighted by molar-refractivity contribution is -0.130. The lowest BCUT2D eigenvalue weighted by Crippen LogP contribution is -2.54. The van der Waals surface area contributed by atoms with E-state index in [-0.39, 0.29) is 23.6 Å². The summed E-state index contributed by atoms with van der Waals surface area (Å²) in [7, 11) is 0. The molecule has 0 spiro atoms. The number of carbonyl (C=O) groups excluding carboxylic acids is 1. The van der Waals surface area contributed by atoms with Gasteiger partial charge in [-0.2, -0.15) is 0 Å². The number of β-amino-alcohol motifs (C(OH)–C–C–N with tert-alkyl or cyclic N) is 1. The molecule has 1 heterocycles. The van der Waals surface area contributed by atoms with Crippen LogP contribution in [0.3, 0.4) is 0 Å². The standard InChI is InChI=1S/C14H16FNO2/c15-12-4-2-1-3-11(12)13(14(18)9-5-6-9)16-7-10(17)8-16/h1-4,9-10,13,17H,5-8H2. The Kier molecular flexibility index (Phi) is 2.92. The largest absolute Gasteiger partial charge is 0.390 e. The fourth-order valence-electron chi connectivity index (χ4n) is 2.52. The van der Waals surface area contributed by atoms with Crippen molar-refractivity contribution in [1.29, 1.82) is 0 Å². The molecule has 2 aliphatic rings. The first-order valence-electron chi connectivity index (χ1n) is 6.37. The molecule has 1 aromatic carbocycles. The van der Waals surface area contributed by atoms with Gasteiger partial charge in [-0.15, -0.1) is 0 Å². The van der Waals surface area contributed by atoms with Crippen LogP contribution in [-0.4, -0.2) is 35.0 Å². The molecular formula is C14H16FNO2. The van der Waals surface area contributed by atoms with Gasteiger partial charge in [0.2, 0.25) is 0 Å². The molecule has 1 unspecified atom stereocenters. The minimum atomic E-state index is -0.512. The van der Waals surface area contributed by atoms with Crippen LogP contribution < -0.4 is 0 Å². The molecule has 1 saturated carbocycles. The van der Waals surface area contributed by atoms with E-state index in [0.717, 1.165) is 12.8 Å². The van der Waals surface area contributed by atoms with Crippen molar-refractivity contribution in [3.8, 4) is 0 Å². The maximum atomic E-state index is 13.9. The second-order valence-electron chi connectivity index (χ2n) is 5.21. The third kappa shape index (κ3) is 2.06. The number of Topliss-reactive ketones (excluding diaryl/α,β-unsaturated/α-hetero) is 1. The number of likely N-dealkylation sites (tertiary alicyclic amines) is 1. The first-order valence-corrected chi connectivity index (χ1v) is 6.37. The normalized spacial score (nSPS) is 22.6. The van der Waals surface area contributed by atoms with Gasteiger partial charge in [-0.3, -0.25) is 9.69 Å². The van der Waals surface area contributed by atoms with Gasteiger partial charge >= 0.3 is 0 Å². The number of carbonyl (C=O) groups is 1. The Morgan fingerprint density at radius 2 is 2.00 bits per heavy atom. The predicted molar refractivity (Wildman–Crippen MR) is 64.5 cm³/mol. The Morgan fingerprint density at radius 1 is 1.33 bits per heavy atom. The summed E-state index contributed by atoms with van der Waals surface area (Å²) in [6.45, 7) is 0.912. The summed E-state index contributed by atoms with van der Waals surface area (Å²) in [5.41, 5.74) is 0.446. The van der Waals surface area contributed by atoms with Crippen LogP contribution in [0.1, 0.15) is 24.4 Å². The summed E-state index contributed by atoms with van der Waals surface area (Å²) in [6, 6.07) is 5.93.